The Morgan fingerprint density at radius 2 is 1.72 bits per heavy atom. The number of carbonyl (C=O) groups is 1. The lowest BCUT2D eigenvalue weighted by atomic mass is 9.48. The van der Waals surface area contributed by atoms with Crippen LogP contribution in [0.3, 0.4) is 0 Å². The maximum Gasteiger partial charge on any atom is 0.171 e. The first-order chi connectivity index (χ1) is 12.2. The molecule has 25 heavy (non-hydrogen) atoms. The Hall–Kier alpha value is -1.57. The number of para-hydroxylation sites is 1. The second-order valence-electron chi connectivity index (χ2n) is 9.13. The number of carbonyl (C=O) groups excluding carboxylic acids is 1. The highest BCUT2D eigenvalue weighted by Gasteiger charge is 2.54. The van der Waals surface area contributed by atoms with Crippen molar-refractivity contribution < 1.29 is 4.79 Å². The van der Waals surface area contributed by atoms with Gasteiger partial charge in [0.2, 0.25) is 0 Å². The van der Waals surface area contributed by atoms with Gasteiger partial charge in [-0.3, -0.25) is 4.79 Å². The number of ketones is 1. The van der Waals surface area contributed by atoms with Crippen molar-refractivity contribution in [1.29, 1.82) is 0 Å². The fourth-order valence-corrected chi connectivity index (χ4v) is 6.62. The van der Waals surface area contributed by atoms with Crippen LogP contribution in [0.2, 0.25) is 0 Å². The third-order valence-electron chi connectivity index (χ3n) is 7.31. The summed E-state index contributed by atoms with van der Waals surface area (Å²) in [6, 6.07) is 8.53. The number of unbranched alkanes of at least 4 members (excludes halogenated alkanes) is 1. The van der Waals surface area contributed by atoms with Crippen molar-refractivity contribution in [3.05, 3.63) is 36.0 Å². The van der Waals surface area contributed by atoms with Crippen molar-refractivity contribution in [1.82, 2.24) is 4.57 Å². The minimum absolute atomic E-state index is 0.0333. The molecule has 1 aromatic carbocycles. The van der Waals surface area contributed by atoms with E-state index in [9.17, 15) is 4.79 Å². The molecule has 0 spiro atoms. The van der Waals surface area contributed by atoms with Gasteiger partial charge in [-0.2, -0.15) is 0 Å². The van der Waals surface area contributed by atoms with E-state index >= 15 is 0 Å². The van der Waals surface area contributed by atoms with Crippen molar-refractivity contribution in [2.75, 3.05) is 0 Å². The number of aromatic nitrogens is 1. The Bertz CT molecular complexity index is 779. The molecule has 0 unspecified atom stereocenters. The van der Waals surface area contributed by atoms with Gasteiger partial charge in [-0.15, -0.1) is 0 Å². The second-order valence-corrected chi connectivity index (χ2v) is 9.13. The number of benzene rings is 1. The van der Waals surface area contributed by atoms with Gasteiger partial charge in [0.25, 0.3) is 0 Å². The smallest absolute Gasteiger partial charge is 0.171 e. The highest BCUT2D eigenvalue weighted by molar-refractivity contribution is 6.11. The van der Waals surface area contributed by atoms with Gasteiger partial charge in [-0.05, 0) is 68.8 Å². The predicted octanol–water partition coefficient (Wildman–Crippen LogP) is 5.84. The summed E-state index contributed by atoms with van der Waals surface area (Å²) in [7, 11) is 0. The van der Waals surface area contributed by atoms with E-state index in [1.54, 1.807) is 0 Å². The highest BCUT2D eigenvalue weighted by atomic mass is 16.1. The van der Waals surface area contributed by atoms with E-state index in [2.05, 4.69) is 42.0 Å². The summed E-state index contributed by atoms with van der Waals surface area (Å²) in [5.41, 5.74) is 2.21. The Morgan fingerprint density at radius 3 is 2.36 bits per heavy atom. The van der Waals surface area contributed by atoms with E-state index in [0.717, 1.165) is 49.1 Å². The van der Waals surface area contributed by atoms with Crippen molar-refractivity contribution in [3.8, 4) is 0 Å². The SMILES string of the molecule is CCCCn1cc(C(=O)C23CC4CC(CC(C4)C2)C3)c2ccccc21. The molecular weight excluding hydrogens is 306 g/mol. The van der Waals surface area contributed by atoms with Gasteiger partial charge in [0, 0.05) is 34.6 Å². The van der Waals surface area contributed by atoms with Gasteiger partial charge in [-0.25, -0.2) is 0 Å². The summed E-state index contributed by atoms with van der Waals surface area (Å²) in [5.74, 6) is 2.94. The molecule has 0 saturated heterocycles. The zero-order valence-corrected chi connectivity index (χ0v) is 15.3. The molecule has 6 rings (SSSR count). The molecule has 4 aliphatic carbocycles. The second kappa shape index (κ2) is 5.72. The summed E-state index contributed by atoms with van der Waals surface area (Å²) in [4.78, 5) is 13.8. The van der Waals surface area contributed by atoms with Crippen LogP contribution in [0.1, 0.15) is 68.6 Å². The fourth-order valence-electron chi connectivity index (χ4n) is 6.62. The van der Waals surface area contributed by atoms with Crippen molar-refractivity contribution in [3.63, 3.8) is 0 Å². The Kier molecular flexibility index (Phi) is 3.59. The topological polar surface area (TPSA) is 22.0 Å². The lowest BCUT2D eigenvalue weighted by Gasteiger charge is -2.55. The van der Waals surface area contributed by atoms with Gasteiger partial charge in [0.05, 0.1) is 0 Å². The van der Waals surface area contributed by atoms with Gasteiger partial charge < -0.3 is 4.57 Å². The maximum absolute atomic E-state index is 13.8. The molecule has 0 atom stereocenters. The molecule has 0 radical (unpaired) electrons. The van der Waals surface area contributed by atoms with Gasteiger partial charge in [0.15, 0.2) is 5.78 Å². The lowest BCUT2D eigenvalue weighted by molar-refractivity contribution is -0.0352. The zero-order chi connectivity index (χ0) is 17.0. The Balaban J connectivity index is 1.56. The number of hydrogen-bond acceptors (Lipinski definition) is 1. The molecule has 4 saturated carbocycles. The van der Waals surface area contributed by atoms with Crippen molar-refractivity contribution >= 4 is 16.7 Å². The van der Waals surface area contributed by atoms with Gasteiger partial charge >= 0.3 is 0 Å². The van der Waals surface area contributed by atoms with E-state index in [4.69, 9.17) is 0 Å². The first-order valence-electron chi connectivity index (χ1n) is 10.3. The minimum Gasteiger partial charge on any atom is -0.347 e. The quantitative estimate of drug-likeness (QED) is 0.629. The van der Waals surface area contributed by atoms with Crippen LogP contribution in [0.25, 0.3) is 10.9 Å². The van der Waals surface area contributed by atoms with E-state index in [1.807, 2.05) is 0 Å². The number of rotatable bonds is 5. The summed E-state index contributed by atoms with van der Waals surface area (Å²) in [6.07, 6.45) is 12.2. The van der Waals surface area contributed by atoms with Crippen molar-refractivity contribution in [2.24, 2.45) is 23.2 Å². The molecule has 1 heterocycles. The molecule has 132 valence electrons. The van der Waals surface area contributed by atoms with Crippen LogP contribution in [0, 0.1) is 23.2 Å². The standard InChI is InChI=1S/C23H29NO/c1-2-3-8-24-15-20(19-6-4-5-7-21(19)24)22(25)23-12-16-9-17(13-23)11-18(10-16)14-23/h4-7,15-18H,2-3,8-14H2,1H3. The average Bonchev–Trinajstić information content (AvgIpc) is 2.97. The Labute approximate surface area is 150 Å². The normalized spacial score (nSPS) is 33.2. The number of aryl methyl sites for hydroxylation is 1. The third-order valence-corrected chi connectivity index (χ3v) is 7.31. The van der Waals surface area contributed by atoms with E-state index < -0.39 is 0 Å². The van der Waals surface area contributed by atoms with Crippen LogP contribution in [-0.2, 0) is 6.54 Å². The average molecular weight is 335 g/mol. The van der Waals surface area contributed by atoms with E-state index in [0.29, 0.717) is 5.78 Å². The number of fused-ring (bicyclic) bond motifs is 1. The minimum atomic E-state index is -0.0333. The van der Waals surface area contributed by atoms with E-state index in [-0.39, 0.29) is 5.41 Å². The molecular formula is C23H29NO. The molecule has 1 aromatic heterocycles. The molecule has 2 heteroatoms. The van der Waals surface area contributed by atoms with Crippen LogP contribution < -0.4 is 0 Å². The zero-order valence-electron chi connectivity index (χ0n) is 15.3. The highest BCUT2D eigenvalue weighted by Crippen LogP contribution is 2.61. The fraction of sp³-hybridized carbons (Fsp3) is 0.609. The maximum atomic E-state index is 13.8. The summed E-state index contributed by atoms with van der Waals surface area (Å²) < 4.78 is 2.33. The molecule has 4 aliphatic rings. The van der Waals surface area contributed by atoms with E-state index in [1.165, 1.54) is 43.0 Å². The lowest BCUT2D eigenvalue weighted by Crippen LogP contribution is -2.50. The molecule has 2 aromatic rings. The largest absolute Gasteiger partial charge is 0.347 e. The molecule has 4 fully saturated rings. The number of hydrogen-bond donors (Lipinski definition) is 0. The summed E-state index contributed by atoms with van der Waals surface area (Å²) in [6.45, 7) is 3.25. The van der Waals surface area contributed by atoms with Crippen LogP contribution in [0.5, 0.6) is 0 Å². The molecule has 0 aliphatic heterocycles. The van der Waals surface area contributed by atoms with Crippen LogP contribution >= 0.6 is 0 Å². The number of Topliss-reactive ketones (excluding diaryl/α,β-unsaturated/α-hetero) is 1. The molecule has 2 nitrogen and oxygen atoms in total. The first kappa shape index (κ1) is 15.7. The predicted molar refractivity (Wildman–Crippen MR) is 102 cm³/mol. The molecule has 4 bridgehead atoms. The van der Waals surface area contributed by atoms with Gasteiger partial charge in [0.1, 0.15) is 0 Å². The Morgan fingerprint density at radius 1 is 1.08 bits per heavy atom. The molecule has 0 amide bonds. The monoisotopic (exact) mass is 335 g/mol. The van der Waals surface area contributed by atoms with Gasteiger partial charge in [-0.1, -0.05) is 31.5 Å². The first-order valence-corrected chi connectivity index (χ1v) is 10.3. The summed E-state index contributed by atoms with van der Waals surface area (Å²) >= 11 is 0. The van der Waals surface area contributed by atoms with Crippen LogP contribution in [0.4, 0.5) is 0 Å². The van der Waals surface area contributed by atoms with Crippen LogP contribution in [-0.4, -0.2) is 10.4 Å². The molecule has 0 N–H and O–H groups in total. The summed E-state index contributed by atoms with van der Waals surface area (Å²) in [5, 5.41) is 1.18. The van der Waals surface area contributed by atoms with Crippen LogP contribution in [0.15, 0.2) is 30.5 Å². The number of nitrogens with zero attached hydrogens (tertiary/aromatic N) is 1. The third kappa shape index (κ3) is 2.40. The van der Waals surface area contributed by atoms with Crippen molar-refractivity contribution in [2.45, 2.75) is 64.8 Å².